The Labute approximate surface area is 166 Å². The molecule has 3 rings (SSSR count). The highest BCUT2D eigenvalue weighted by atomic mass is 32.2. The Kier molecular flexibility index (Phi) is 6.34. The van der Waals surface area contributed by atoms with Gasteiger partial charge in [0.2, 0.25) is 5.91 Å². The van der Waals surface area contributed by atoms with E-state index in [0.717, 1.165) is 34.8 Å². The summed E-state index contributed by atoms with van der Waals surface area (Å²) in [5, 5.41) is 4.98. The van der Waals surface area contributed by atoms with Crippen LogP contribution in [0.5, 0.6) is 0 Å². The van der Waals surface area contributed by atoms with Gasteiger partial charge < -0.3 is 5.32 Å². The van der Waals surface area contributed by atoms with Crippen molar-refractivity contribution in [1.82, 2.24) is 9.38 Å². The maximum absolute atomic E-state index is 12.4. The van der Waals surface area contributed by atoms with Crippen molar-refractivity contribution in [2.45, 2.75) is 44.3 Å². The molecule has 0 saturated carbocycles. The molecule has 2 aromatic heterocycles. The predicted octanol–water partition coefficient (Wildman–Crippen LogP) is 4.73. The summed E-state index contributed by atoms with van der Waals surface area (Å²) in [6.45, 7) is 5.96. The molecule has 0 aliphatic carbocycles. The van der Waals surface area contributed by atoms with E-state index in [1.807, 2.05) is 50.4 Å². The molecule has 0 unspecified atom stereocenters. The molecule has 3 aromatic rings. The van der Waals surface area contributed by atoms with Crippen LogP contribution in [0.25, 0.3) is 4.96 Å². The van der Waals surface area contributed by atoms with E-state index in [2.05, 4.69) is 10.3 Å². The number of thiazole rings is 1. The van der Waals surface area contributed by atoms with Crippen LogP contribution in [0.1, 0.15) is 38.1 Å². The monoisotopic (exact) mass is 401 g/mol. The molecule has 0 fully saturated rings. The number of rotatable bonds is 7. The van der Waals surface area contributed by atoms with Crippen LogP contribution in [0, 0.1) is 12.8 Å². The van der Waals surface area contributed by atoms with E-state index in [1.165, 1.54) is 11.3 Å². The second-order valence-electron chi connectivity index (χ2n) is 6.37. The first kappa shape index (κ1) is 19.6. The Morgan fingerprint density at radius 2 is 2.04 bits per heavy atom. The minimum absolute atomic E-state index is 0.0224. The van der Waals surface area contributed by atoms with Crippen molar-refractivity contribution in [2.75, 3.05) is 5.32 Å². The summed E-state index contributed by atoms with van der Waals surface area (Å²) in [6.07, 6.45) is 1.65. The minimum atomic E-state index is -0.0512. The number of aromatic nitrogens is 2. The fraction of sp³-hybridized carbons (Fsp3) is 0.350. The fourth-order valence-electron chi connectivity index (χ4n) is 2.92. The number of thioether (sulfide) groups is 1. The molecular formula is C20H23N3O2S2. The van der Waals surface area contributed by atoms with Gasteiger partial charge in [-0.3, -0.25) is 14.0 Å². The van der Waals surface area contributed by atoms with Gasteiger partial charge in [0.25, 0.3) is 5.56 Å². The molecule has 5 nitrogen and oxygen atoms in total. The molecule has 142 valence electrons. The quantitative estimate of drug-likeness (QED) is 0.581. The number of nitrogens with one attached hydrogen (secondary N) is 1. The van der Waals surface area contributed by atoms with Gasteiger partial charge in [0.15, 0.2) is 4.96 Å². The molecule has 0 aliphatic rings. The minimum Gasteiger partial charge on any atom is -0.325 e. The molecule has 27 heavy (non-hydrogen) atoms. The maximum Gasteiger partial charge on any atom is 0.258 e. The van der Waals surface area contributed by atoms with Gasteiger partial charge in [0.05, 0.1) is 11.4 Å². The first-order chi connectivity index (χ1) is 13.0. The van der Waals surface area contributed by atoms with Crippen LogP contribution >= 0.6 is 23.1 Å². The summed E-state index contributed by atoms with van der Waals surface area (Å²) >= 11 is 3.04. The van der Waals surface area contributed by atoms with Crippen molar-refractivity contribution < 1.29 is 4.79 Å². The van der Waals surface area contributed by atoms with E-state index >= 15 is 0 Å². The molecular weight excluding hydrogens is 378 g/mol. The number of nitrogens with zero attached hydrogens (tertiary/aromatic N) is 2. The van der Waals surface area contributed by atoms with Gasteiger partial charge in [0.1, 0.15) is 0 Å². The number of hydrogen-bond donors (Lipinski definition) is 1. The summed E-state index contributed by atoms with van der Waals surface area (Å²) in [6, 6.07) is 9.34. The Balaban J connectivity index is 1.77. The Morgan fingerprint density at radius 3 is 2.78 bits per heavy atom. The number of carbonyl (C=O) groups is 1. The van der Waals surface area contributed by atoms with Crippen LogP contribution < -0.4 is 10.9 Å². The lowest BCUT2D eigenvalue weighted by molar-refractivity contribution is -0.120. The van der Waals surface area contributed by atoms with Gasteiger partial charge in [-0.05, 0) is 31.9 Å². The third-order valence-corrected chi connectivity index (χ3v) is 6.56. The van der Waals surface area contributed by atoms with Gasteiger partial charge in [0, 0.05) is 33.7 Å². The van der Waals surface area contributed by atoms with E-state index < -0.39 is 0 Å². The number of amides is 1. The van der Waals surface area contributed by atoms with Crippen molar-refractivity contribution >= 4 is 39.7 Å². The number of carbonyl (C=O) groups excluding carboxylic acids is 1. The number of para-hydroxylation sites is 1. The van der Waals surface area contributed by atoms with Crippen molar-refractivity contribution in [1.29, 1.82) is 0 Å². The third-order valence-electron chi connectivity index (χ3n) is 4.51. The van der Waals surface area contributed by atoms with Crippen LogP contribution in [0.4, 0.5) is 5.69 Å². The Hall–Kier alpha value is -2.12. The molecule has 0 bridgehead atoms. The van der Waals surface area contributed by atoms with Crippen molar-refractivity contribution in [3.63, 3.8) is 0 Å². The Morgan fingerprint density at radius 1 is 1.30 bits per heavy atom. The Bertz CT molecular complexity index is 1010. The van der Waals surface area contributed by atoms with Crippen molar-refractivity contribution in [3.8, 4) is 0 Å². The SMILES string of the molecule is CCC(CC)C(=O)Nc1ccccc1SCc1cc(=O)n2c(C)csc2n1. The van der Waals surface area contributed by atoms with Crippen LogP contribution in [0.3, 0.4) is 0 Å². The highest BCUT2D eigenvalue weighted by Gasteiger charge is 2.16. The van der Waals surface area contributed by atoms with Gasteiger partial charge in [-0.1, -0.05) is 26.0 Å². The van der Waals surface area contributed by atoms with Crippen LogP contribution in [0.2, 0.25) is 0 Å². The molecule has 1 aromatic carbocycles. The highest BCUT2D eigenvalue weighted by molar-refractivity contribution is 7.98. The number of benzene rings is 1. The van der Waals surface area contributed by atoms with Crippen LogP contribution in [0.15, 0.2) is 45.4 Å². The van der Waals surface area contributed by atoms with Crippen LogP contribution in [-0.4, -0.2) is 15.3 Å². The molecule has 0 aliphatic heterocycles. The zero-order valence-electron chi connectivity index (χ0n) is 15.7. The van der Waals surface area contributed by atoms with E-state index in [4.69, 9.17) is 0 Å². The largest absolute Gasteiger partial charge is 0.325 e. The average Bonchev–Trinajstić information content (AvgIpc) is 3.03. The second kappa shape index (κ2) is 8.71. The number of fused-ring (bicyclic) bond motifs is 1. The van der Waals surface area contributed by atoms with E-state index in [9.17, 15) is 9.59 Å². The fourth-order valence-corrected chi connectivity index (χ4v) is 4.71. The number of aryl methyl sites for hydroxylation is 1. The second-order valence-corrected chi connectivity index (χ2v) is 8.22. The van der Waals surface area contributed by atoms with E-state index in [0.29, 0.717) is 10.7 Å². The third kappa shape index (κ3) is 4.42. The molecule has 1 N–H and O–H groups in total. The molecule has 2 heterocycles. The molecule has 0 radical (unpaired) electrons. The molecule has 1 amide bonds. The van der Waals surface area contributed by atoms with Gasteiger partial charge in [-0.15, -0.1) is 23.1 Å². The summed E-state index contributed by atoms with van der Waals surface area (Å²) in [4.78, 5) is 31.0. The smallest absolute Gasteiger partial charge is 0.258 e. The molecule has 0 atom stereocenters. The van der Waals surface area contributed by atoms with Crippen molar-refractivity contribution in [3.05, 3.63) is 57.5 Å². The zero-order chi connectivity index (χ0) is 19.4. The molecule has 7 heteroatoms. The van der Waals surface area contributed by atoms with Crippen molar-refractivity contribution in [2.24, 2.45) is 5.92 Å². The van der Waals surface area contributed by atoms with E-state index in [1.54, 1.807) is 22.2 Å². The van der Waals surface area contributed by atoms with Crippen LogP contribution in [-0.2, 0) is 10.5 Å². The lowest BCUT2D eigenvalue weighted by atomic mass is 10.0. The van der Waals surface area contributed by atoms with E-state index in [-0.39, 0.29) is 17.4 Å². The lowest BCUT2D eigenvalue weighted by Gasteiger charge is -2.15. The number of hydrogen-bond acceptors (Lipinski definition) is 5. The van der Waals surface area contributed by atoms with Gasteiger partial charge in [-0.25, -0.2) is 4.98 Å². The summed E-state index contributed by atoms with van der Waals surface area (Å²) in [5.74, 6) is 0.648. The van der Waals surface area contributed by atoms with Gasteiger partial charge in [-0.2, -0.15) is 0 Å². The predicted molar refractivity (Wildman–Crippen MR) is 113 cm³/mol. The molecule has 0 spiro atoms. The van der Waals surface area contributed by atoms with Gasteiger partial charge >= 0.3 is 0 Å². The zero-order valence-corrected chi connectivity index (χ0v) is 17.3. The summed E-state index contributed by atoms with van der Waals surface area (Å²) in [7, 11) is 0. The lowest BCUT2D eigenvalue weighted by Crippen LogP contribution is -2.21. The number of anilines is 1. The standard InChI is InChI=1S/C20H23N3O2S2/c1-4-14(5-2)19(25)22-16-8-6-7-9-17(16)26-12-15-10-18(24)23-13(3)11-27-20(23)21-15/h6-11,14H,4-5,12H2,1-3H3,(H,22,25). The summed E-state index contributed by atoms with van der Waals surface area (Å²) < 4.78 is 1.63. The highest BCUT2D eigenvalue weighted by Crippen LogP contribution is 2.30. The normalized spacial score (nSPS) is 11.3. The summed E-state index contributed by atoms with van der Waals surface area (Å²) in [5.41, 5.74) is 2.41. The topological polar surface area (TPSA) is 63.5 Å². The average molecular weight is 402 g/mol. The first-order valence-corrected chi connectivity index (χ1v) is 10.9. The molecule has 0 saturated heterocycles. The maximum atomic E-state index is 12.4. The first-order valence-electron chi connectivity index (χ1n) is 9.03.